The molecule has 0 aliphatic heterocycles. The highest BCUT2D eigenvalue weighted by Gasteiger charge is 2.21. The predicted molar refractivity (Wildman–Crippen MR) is 72.6 cm³/mol. The van der Waals surface area contributed by atoms with Crippen molar-refractivity contribution in [3.05, 3.63) is 29.8 Å². The number of halogens is 1. The lowest BCUT2D eigenvalue weighted by Gasteiger charge is -2.20. The lowest BCUT2D eigenvalue weighted by atomic mass is 9.98. The van der Waals surface area contributed by atoms with Crippen molar-refractivity contribution in [1.82, 2.24) is 0 Å². The topological polar surface area (TPSA) is 86.5 Å². The van der Waals surface area contributed by atoms with E-state index in [0.29, 0.717) is 5.56 Å². The van der Waals surface area contributed by atoms with Crippen LogP contribution in [-0.2, 0) is 19.4 Å². The first kappa shape index (κ1) is 16.6. The molecule has 1 rings (SSSR count). The second-order valence-corrected chi connectivity index (χ2v) is 6.57. The van der Waals surface area contributed by atoms with Gasteiger partial charge in [-0.2, -0.15) is 0 Å². The number of carbonyl (C=O) groups excluding carboxylic acids is 1. The average Bonchev–Trinajstić information content (AvgIpc) is 2.38. The number of alkyl halides is 1. The van der Waals surface area contributed by atoms with E-state index in [1.54, 1.807) is 19.1 Å². The number of ether oxygens (including phenoxy) is 1. The Hall–Kier alpha value is -1.47. The summed E-state index contributed by atoms with van der Waals surface area (Å²) in [6.45, 7) is 1.16. The third kappa shape index (κ3) is 4.01. The minimum absolute atomic E-state index is 0.00260. The van der Waals surface area contributed by atoms with E-state index in [1.807, 2.05) is 0 Å². The van der Waals surface area contributed by atoms with Gasteiger partial charge in [-0.25, -0.2) is 8.42 Å². The fourth-order valence-electron chi connectivity index (χ4n) is 1.91. The maximum Gasteiger partial charge on any atom is 0.233 e. The molecule has 20 heavy (non-hydrogen) atoms. The van der Waals surface area contributed by atoms with Crippen LogP contribution in [0.15, 0.2) is 29.2 Å². The Morgan fingerprint density at radius 3 is 2.30 bits per heavy atom. The van der Waals surface area contributed by atoms with Gasteiger partial charge in [0.2, 0.25) is 5.91 Å². The Balaban J connectivity index is 3.02. The van der Waals surface area contributed by atoms with Crippen LogP contribution >= 0.6 is 0 Å². The summed E-state index contributed by atoms with van der Waals surface area (Å²) in [6, 6.07) is 5.83. The largest absolute Gasteiger partial charge is 0.376 e. The van der Waals surface area contributed by atoms with Crippen molar-refractivity contribution in [3.8, 4) is 0 Å². The molecule has 0 aliphatic carbocycles. The molecule has 0 heterocycles. The molecule has 0 radical (unpaired) electrons. The summed E-state index contributed by atoms with van der Waals surface area (Å²) in [7, 11) is -2.26. The molecular weight excluding hydrogens is 285 g/mol. The molecule has 0 unspecified atom stereocenters. The second kappa shape index (κ2) is 6.81. The number of primary amides is 1. The Kier molecular flexibility index (Phi) is 5.64. The quantitative estimate of drug-likeness (QED) is 0.821. The molecule has 112 valence electrons. The average molecular weight is 303 g/mol. The fourth-order valence-corrected chi connectivity index (χ4v) is 3.01. The maximum absolute atomic E-state index is 12.7. The summed E-state index contributed by atoms with van der Waals surface area (Å²) in [5.74, 6) is -1.98. The molecular formula is C13H18FNO4S. The van der Waals surface area contributed by atoms with Crippen LogP contribution in [0.3, 0.4) is 0 Å². The van der Waals surface area contributed by atoms with Crippen LogP contribution in [-0.4, -0.2) is 33.9 Å². The van der Waals surface area contributed by atoms with Crippen molar-refractivity contribution in [3.63, 3.8) is 0 Å². The number of hydrogen-bond acceptors (Lipinski definition) is 4. The van der Waals surface area contributed by atoms with Gasteiger partial charge < -0.3 is 10.5 Å². The number of benzene rings is 1. The van der Waals surface area contributed by atoms with E-state index < -0.39 is 34.3 Å². The van der Waals surface area contributed by atoms with Crippen molar-refractivity contribution in [2.75, 3.05) is 19.5 Å². The Labute approximate surface area is 117 Å². The van der Waals surface area contributed by atoms with Gasteiger partial charge in [-0.3, -0.25) is 9.18 Å². The zero-order valence-corrected chi connectivity index (χ0v) is 12.2. The van der Waals surface area contributed by atoms with E-state index in [0.717, 1.165) is 0 Å². The molecule has 7 heteroatoms. The number of methoxy groups -OCH3 is 1. The number of nitrogens with two attached hydrogens (primary N) is 1. The third-order valence-electron chi connectivity index (χ3n) is 2.91. The zero-order valence-electron chi connectivity index (χ0n) is 11.4. The standard InChI is InChI=1S/C13H18FNO4S/c1-9(7-14)13(19-2)10-3-5-11(6-4-10)20(17,18)8-12(15)16/h3-6,9,13H,7-8H2,1-2H3,(H2,15,16)/t9-,13+/m1/s1. The molecule has 0 saturated heterocycles. The van der Waals surface area contributed by atoms with Gasteiger partial charge >= 0.3 is 0 Å². The van der Waals surface area contributed by atoms with Crippen LogP contribution in [0.4, 0.5) is 4.39 Å². The van der Waals surface area contributed by atoms with Gasteiger partial charge in [0.1, 0.15) is 5.75 Å². The highest BCUT2D eigenvalue weighted by Crippen LogP contribution is 2.26. The minimum Gasteiger partial charge on any atom is -0.376 e. The van der Waals surface area contributed by atoms with Gasteiger partial charge in [0.25, 0.3) is 0 Å². The van der Waals surface area contributed by atoms with Crippen LogP contribution in [0.1, 0.15) is 18.6 Å². The minimum atomic E-state index is -3.72. The van der Waals surface area contributed by atoms with E-state index in [2.05, 4.69) is 0 Å². The van der Waals surface area contributed by atoms with E-state index in [4.69, 9.17) is 10.5 Å². The van der Waals surface area contributed by atoms with Gasteiger partial charge in [0, 0.05) is 13.0 Å². The summed E-state index contributed by atoms with van der Waals surface area (Å²) in [5, 5.41) is 0. The SMILES string of the molecule is CO[C@H](c1ccc(S(=O)(=O)CC(N)=O)cc1)[C@H](C)CF. The van der Waals surface area contributed by atoms with E-state index in [-0.39, 0.29) is 10.8 Å². The van der Waals surface area contributed by atoms with E-state index in [1.165, 1.54) is 19.2 Å². The number of carbonyl (C=O) groups is 1. The van der Waals surface area contributed by atoms with Crippen molar-refractivity contribution in [2.24, 2.45) is 11.7 Å². The van der Waals surface area contributed by atoms with Crippen molar-refractivity contribution < 1.29 is 22.3 Å². The summed E-state index contributed by atoms with van der Waals surface area (Å²) in [4.78, 5) is 10.7. The zero-order chi connectivity index (χ0) is 15.3. The Morgan fingerprint density at radius 2 is 1.90 bits per heavy atom. The first-order chi connectivity index (χ1) is 9.31. The van der Waals surface area contributed by atoms with Crippen molar-refractivity contribution >= 4 is 15.7 Å². The summed E-state index contributed by atoms with van der Waals surface area (Å²) in [6.07, 6.45) is -0.451. The van der Waals surface area contributed by atoms with Crippen LogP contribution in [0.2, 0.25) is 0 Å². The summed E-state index contributed by atoms with van der Waals surface area (Å²) >= 11 is 0. The molecule has 1 amide bonds. The van der Waals surface area contributed by atoms with E-state index in [9.17, 15) is 17.6 Å². The van der Waals surface area contributed by atoms with Crippen molar-refractivity contribution in [1.29, 1.82) is 0 Å². The van der Waals surface area contributed by atoms with Crippen LogP contribution in [0, 0.1) is 5.92 Å². The fraction of sp³-hybridized carbons (Fsp3) is 0.462. The highest BCUT2D eigenvalue weighted by atomic mass is 32.2. The number of rotatable bonds is 7. The van der Waals surface area contributed by atoms with Gasteiger partial charge in [-0.15, -0.1) is 0 Å². The van der Waals surface area contributed by atoms with Crippen molar-refractivity contribution in [2.45, 2.75) is 17.9 Å². The lowest BCUT2D eigenvalue weighted by Crippen LogP contribution is -2.23. The smallest absolute Gasteiger partial charge is 0.233 e. The maximum atomic E-state index is 12.7. The van der Waals surface area contributed by atoms with Crippen LogP contribution in [0.25, 0.3) is 0 Å². The first-order valence-electron chi connectivity index (χ1n) is 6.01. The van der Waals surface area contributed by atoms with Crippen LogP contribution < -0.4 is 5.73 Å². The lowest BCUT2D eigenvalue weighted by molar-refractivity contribution is -0.115. The first-order valence-corrected chi connectivity index (χ1v) is 7.66. The molecule has 1 aromatic carbocycles. The molecule has 0 spiro atoms. The summed E-state index contributed by atoms with van der Waals surface area (Å²) in [5.41, 5.74) is 5.57. The highest BCUT2D eigenvalue weighted by molar-refractivity contribution is 7.92. The molecule has 0 saturated carbocycles. The molecule has 0 aromatic heterocycles. The molecule has 2 N–H and O–H groups in total. The van der Waals surface area contributed by atoms with Crippen LogP contribution in [0.5, 0.6) is 0 Å². The molecule has 5 nitrogen and oxygen atoms in total. The molecule has 0 aliphatic rings. The second-order valence-electron chi connectivity index (χ2n) is 4.58. The predicted octanol–water partition coefficient (Wildman–Crippen LogP) is 1.24. The molecule has 0 bridgehead atoms. The van der Waals surface area contributed by atoms with Gasteiger partial charge in [-0.05, 0) is 17.7 Å². The molecule has 0 fully saturated rings. The number of sulfone groups is 1. The summed E-state index contributed by atoms with van der Waals surface area (Å²) < 4.78 is 41.5. The molecule has 2 atom stereocenters. The van der Waals surface area contributed by atoms with E-state index >= 15 is 0 Å². The molecule has 1 aromatic rings. The van der Waals surface area contributed by atoms with Gasteiger partial charge in [0.05, 0.1) is 17.7 Å². The normalized spacial score (nSPS) is 14.8. The Bertz CT molecular complexity index is 556. The third-order valence-corrected chi connectivity index (χ3v) is 4.57. The van der Waals surface area contributed by atoms with Gasteiger partial charge in [0.15, 0.2) is 9.84 Å². The Morgan fingerprint density at radius 1 is 1.35 bits per heavy atom. The monoisotopic (exact) mass is 303 g/mol. The number of hydrogen-bond donors (Lipinski definition) is 1. The number of amides is 1. The van der Waals surface area contributed by atoms with Gasteiger partial charge in [-0.1, -0.05) is 19.1 Å².